The average molecular weight is 371 g/mol. The number of carbonyl (C=O) groups is 2. The summed E-state index contributed by atoms with van der Waals surface area (Å²) in [6, 6.07) is 11.0. The van der Waals surface area contributed by atoms with Crippen molar-refractivity contribution in [3.63, 3.8) is 0 Å². The summed E-state index contributed by atoms with van der Waals surface area (Å²) < 4.78 is 37.9. The minimum Gasteiger partial charge on any atom is -0.352 e. The number of amides is 2. The molecule has 0 unspecified atom stereocenters. The quantitative estimate of drug-likeness (QED) is 0.781. The smallest absolute Gasteiger partial charge is 0.352 e. The Morgan fingerprint density at radius 1 is 1.00 bits per heavy atom. The van der Waals surface area contributed by atoms with E-state index in [1.807, 2.05) is 0 Å². The fourth-order valence-corrected chi connectivity index (χ4v) is 2.12. The standard InChI is InChI=1S/C17H14ClF3N2O2/c18-13-6-4-11(5-7-13)10-22-15(24)9-16(25)23-14-3-1-2-12(8-14)17(19,20)21/h1-8H,9-10H2,(H,22,24)(H,23,25). The lowest BCUT2D eigenvalue weighted by Crippen LogP contribution is -2.27. The van der Waals surface area contributed by atoms with Gasteiger partial charge in [0.1, 0.15) is 6.42 Å². The van der Waals surface area contributed by atoms with E-state index in [0.29, 0.717) is 5.02 Å². The fraction of sp³-hybridized carbons (Fsp3) is 0.176. The van der Waals surface area contributed by atoms with Crippen molar-refractivity contribution in [3.05, 3.63) is 64.7 Å². The highest BCUT2D eigenvalue weighted by Crippen LogP contribution is 2.30. The van der Waals surface area contributed by atoms with Crippen molar-refractivity contribution in [2.75, 3.05) is 5.32 Å². The largest absolute Gasteiger partial charge is 0.416 e. The average Bonchev–Trinajstić information content (AvgIpc) is 2.53. The van der Waals surface area contributed by atoms with Crippen LogP contribution in [0.15, 0.2) is 48.5 Å². The summed E-state index contributed by atoms with van der Waals surface area (Å²) in [5, 5.41) is 5.39. The second-order valence-corrected chi connectivity index (χ2v) is 5.64. The maximum atomic E-state index is 12.6. The Morgan fingerprint density at radius 3 is 2.32 bits per heavy atom. The zero-order chi connectivity index (χ0) is 18.4. The number of carbonyl (C=O) groups excluding carboxylic acids is 2. The Kier molecular flexibility index (Phi) is 6.03. The molecule has 0 saturated heterocycles. The predicted octanol–water partition coefficient (Wildman–Crippen LogP) is 4.00. The Bertz CT molecular complexity index is 761. The molecular weight excluding hydrogens is 357 g/mol. The summed E-state index contributed by atoms with van der Waals surface area (Å²) in [7, 11) is 0. The number of halogens is 4. The van der Waals surface area contributed by atoms with Gasteiger partial charge in [-0.2, -0.15) is 13.2 Å². The fourth-order valence-electron chi connectivity index (χ4n) is 1.99. The normalized spacial score (nSPS) is 11.0. The van der Waals surface area contributed by atoms with Crippen LogP contribution in [-0.4, -0.2) is 11.8 Å². The molecule has 2 aromatic carbocycles. The van der Waals surface area contributed by atoms with Crippen molar-refractivity contribution >= 4 is 29.1 Å². The first kappa shape index (κ1) is 18.8. The number of nitrogens with one attached hydrogen (secondary N) is 2. The molecule has 2 amide bonds. The Labute approximate surface area is 147 Å². The molecule has 0 saturated carbocycles. The Balaban J connectivity index is 1.85. The van der Waals surface area contributed by atoms with Crippen LogP contribution >= 0.6 is 11.6 Å². The van der Waals surface area contributed by atoms with Gasteiger partial charge in [-0.05, 0) is 35.9 Å². The van der Waals surface area contributed by atoms with Crippen LogP contribution < -0.4 is 10.6 Å². The van der Waals surface area contributed by atoms with Gasteiger partial charge < -0.3 is 10.6 Å². The lowest BCUT2D eigenvalue weighted by Gasteiger charge is -2.10. The van der Waals surface area contributed by atoms with Crippen LogP contribution in [-0.2, 0) is 22.3 Å². The van der Waals surface area contributed by atoms with Gasteiger partial charge in [0.15, 0.2) is 0 Å². The summed E-state index contributed by atoms with van der Waals surface area (Å²) in [5.74, 6) is -1.24. The Morgan fingerprint density at radius 2 is 1.68 bits per heavy atom. The van der Waals surface area contributed by atoms with Crippen molar-refractivity contribution in [1.82, 2.24) is 5.32 Å². The van der Waals surface area contributed by atoms with Gasteiger partial charge in [0.2, 0.25) is 11.8 Å². The van der Waals surface area contributed by atoms with E-state index < -0.39 is 30.0 Å². The van der Waals surface area contributed by atoms with Crippen LogP contribution in [0.1, 0.15) is 17.5 Å². The van der Waals surface area contributed by atoms with Crippen molar-refractivity contribution in [3.8, 4) is 0 Å². The molecule has 0 bridgehead atoms. The first-order valence-electron chi connectivity index (χ1n) is 7.22. The molecule has 132 valence electrons. The number of hydrogen-bond donors (Lipinski definition) is 2. The Hall–Kier alpha value is -2.54. The van der Waals surface area contributed by atoms with Crippen LogP contribution in [0.2, 0.25) is 5.02 Å². The molecule has 0 aliphatic heterocycles. The predicted molar refractivity (Wildman–Crippen MR) is 88.0 cm³/mol. The third kappa shape index (κ3) is 6.11. The van der Waals surface area contributed by atoms with Crippen LogP contribution in [0.25, 0.3) is 0 Å². The van der Waals surface area contributed by atoms with Crippen molar-refractivity contribution in [2.45, 2.75) is 19.1 Å². The molecular formula is C17H14ClF3N2O2. The van der Waals surface area contributed by atoms with Crippen LogP contribution in [0.5, 0.6) is 0 Å². The van der Waals surface area contributed by atoms with Gasteiger partial charge in [-0.1, -0.05) is 29.8 Å². The van der Waals surface area contributed by atoms with E-state index in [0.717, 1.165) is 17.7 Å². The van der Waals surface area contributed by atoms with Crippen LogP contribution in [0.3, 0.4) is 0 Å². The van der Waals surface area contributed by atoms with E-state index in [-0.39, 0.29) is 12.2 Å². The minimum atomic E-state index is -4.50. The van der Waals surface area contributed by atoms with Crippen LogP contribution in [0, 0.1) is 0 Å². The van der Waals surface area contributed by atoms with Gasteiger partial charge >= 0.3 is 6.18 Å². The molecule has 0 aliphatic carbocycles. The van der Waals surface area contributed by atoms with Gasteiger partial charge in [-0.25, -0.2) is 0 Å². The highest BCUT2D eigenvalue weighted by atomic mass is 35.5. The van der Waals surface area contributed by atoms with Crippen molar-refractivity contribution in [1.29, 1.82) is 0 Å². The second-order valence-electron chi connectivity index (χ2n) is 5.21. The van der Waals surface area contributed by atoms with Crippen molar-refractivity contribution < 1.29 is 22.8 Å². The van der Waals surface area contributed by atoms with E-state index in [1.165, 1.54) is 12.1 Å². The summed E-state index contributed by atoms with van der Waals surface area (Å²) in [5.41, 5.74) is -0.0983. The number of rotatable bonds is 5. The molecule has 2 N–H and O–H groups in total. The number of alkyl halides is 3. The molecule has 0 heterocycles. The monoisotopic (exact) mass is 370 g/mol. The van der Waals surface area contributed by atoms with Gasteiger partial charge in [-0.3, -0.25) is 9.59 Å². The van der Waals surface area contributed by atoms with Gasteiger partial charge in [-0.15, -0.1) is 0 Å². The van der Waals surface area contributed by atoms with Crippen LogP contribution in [0.4, 0.5) is 18.9 Å². The highest BCUT2D eigenvalue weighted by Gasteiger charge is 2.30. The maximum Gasteiger partial charge on any atom is 0.416 e. The van der Waals surface area contributed by atoms with E-state index >= 15 is 0 Å². The lowest BCUT2D eigenvalue weighted by atomic mass is 10.2. The zero-order valence-corrected chi connectivity index (χ0v) is 13.6. The molecule has 2 rings (SSSR count). The molecule has 0 radical (unpaired) electrons. The first-order valence-corrected chi connectivity index (χ1v) is 7.60. The molecule has 0 aliphatic rings. The van der Waals surface area contributed by atoms with E-state index in [9.17, 15) is 22.8 Å². The van der Waals surface area contributed by atoms with E-state index in [2.05, 4.69) is 10.6 Å². The minimum absolute atomic E-state index is 0.0228. The number of anilines is 1. The number of hydrogen-bond acceptors (Lipinski definition) is 2. The molecule has 2 aromatic rings. The summed E-state index contributed by atoms with van der Waals surface area (Å²) in [6.07, 6.45) is -5.00. The van der Waals surface area contributed by atoms with Gasteiger partial charge in [0.25, 0.3) is 0 Å². The van der Waals surface area contributed by atoms with E-state index in [4.69, 9.17) is 11.6 Å². The summed E-state index contributed by atoms with van der Waals surface area (Å²) in [6.45, 7) is 0.215. The SMILES string of the molecule is O=C(CC(=O)Nc1cccc(C(F)(F)F)c1)NCc1ccc(Cl)cc1. The topological polar surface area (TPSA) is 58.2 Å². The third-order valence-electron chi connectivity index (χ3n) is 3.20. The molecule has 25 heavy (non-hydrogen) atoms. The third-order valence-corrected chi connectivity index (χ3v) is 3.45. The molecule has 0 spiro atoms. The summed E-state index contributed by atoms with van der Waals surface area (Å²) >= 11 is 5.75. The molecule has 4 nitrogen and oxygen atoms in total. The van der Waals surface area contributed by atoms with E-state index in [1.54, 1.807) is 24.3 Å². The maximum absolute atomic E-state index is 12.6. The number of benzene rings is 2. The van der Waals surface area contributed by atoms with Gasteiger partial charge in [0, 0.05) is 17.3 Å². The molecule has 0 fully saturated rings. The second kappa shape index (κ2) is 8.02. The zero-order valence-electron chi connectivity index (χ0n) is 12.9. The lowest BCUT2D eigenvalue weighted by molar-refractivity contribution is -0.137. The molecule has 0 aromatic heterocycles. The van der Waals surface area contributed by atoms with Gasteiger partial charge in [0.05, 0.1) is 5.56 Å². The highest BCUT2D eigenvalue weighted by molar-refractivity contribution is 6.30. The first-order chi connectivity index (χ1) is 11.7. The molecule has 0 atom stereocenters. The molecule has 8 heteroatoms. The van der Waals surface area contributed by atoms with Crippen molar-refractivity contribution in [2.24, 2.45) is 0 Å². The summed E-state index contributed by atoms with van der Waals surface area (Å²) in [4.78, 5) is 23.5.